The van der Waals surface area contributed by atoms with Crippen LogP contribution in [0.3, 0.4) is 0 Å². The zero-order valence-corrected chi connectivity index (χ0v) is 16.9. The predicted octanol–water partition coefficient (Wildman–Crippen LogP) is -7.30. The summed E-state index contributed by atoms with van der Waals surface area (Å²) in [6.45, 7) is -3.26. The van der Waals surface area contributed by atoms with E-state index < -0.39 is 106 Å². The fourth-order valence-electron chi connectivity index (χ4n) is 3.43. The Bertz CT molecular complexity index is 550. The molecule has 2 aliphatic rings. The summed E-state index contributed by atoms with van der Waals surface area (Å²) in [7, 11) is 0. The van der Waals surface area contributed by atoms with Crippen molar-refractivity contribution >= 4 is 0 Å². The van der Waals surface area contributed by atoms with Crippen molar-refractivity contribution in [2.75, 3.05) is 26.4 Å². The molecule has 0 spiro atoms. The first-order chi connectivity index (χ1) is 15.1. The van der Waals surface area contributed by atoms with Gasteiger partial charge in [-0.2, -0.15) is 0 Å². The molecule has 0 saturated carbocycles. The molecule has 0 aliphatic carbocycles. The molecule has 13 atom stereocenters. The van der Waals surface area contributed by atoms with Gasteiger partial charge >= 0.3 is 0 Å². The average molecular weight is 476 g/mol. The van der Waals surface area contributed by atoms with Gasteiger partial charge in [0.25, 0.3) is 0 Å². The molecule has 0 aromatic rings. The maximum Gasteiger partial charge on any atom is 0.187 e. The van der Waals surface area contributed by atoms with Gasteiger partial charge in [-0.15, -0.1) is 0 Å². The van der Waals surface area contributed by atoms with E-state index >= 15 is 0 Å². The van der Waals surface area contributed by atoms with Gasteiger partial charge in [-0.05, 0) is 0 Å². The van der Waals surface area contributed by atoms with Crippen LogP contribution in [0.15, 0.2) is 0 Å². The lowest BCUT2D eigenvalue weighted by Gasteiger charge is -2.46. The van der Waals surface area contributed by atoms with Crippen molar-refractivity contribution in [3.63, 3.8) is 0 Å². The average Bonchev–Trinajstić information content (AvgIpc) is 2.80. The standard InChI is InChI=1S/C17H32O15/c18-1-5(22)9(23)6(2-19)29-16-14(28)12(26)15(8(4-21)31-16)32-17-13(27)11(25)10(24)7(3-20)30-17/h5-28H,1-4H2/t5-,6+,7+,8+,9+,10-,11-,12+,13+,14+,15-,16+,17-/m0/s1. The van der Waals surface area contributed by atoms with Gasteiger partial charge in [0.05, 0.1) is 26.4 Å². The molecule has 2 rings (SSSR count). The predicted molar refractivity (Wildman–Crippen MR) is 97.5 cm³/mol. The van der Waals surface area contributed by atoms with Crippen molar-refractivity contribution in [1.29, 1.82) is 0 Å². The van der Waals surface area contributed by atoms with Gasteiger partial charge in [0, 0.05) is 0 Å². The fraction of sp³-hybridized carbons (Fsp3) is 1.00. The van der Waals surface area contributed by atoms with Crippen LogP contribution >= 0.6 is 0 Å². The molecule has 0 aromatic carbocycles. The Morgan fingerprint density at radius 3 is 1.75 bits per heavy atom. The van der Waals surface area contributed by atoms with Gasteiger partial charge in [0.2, 0.25) is 0 Å². The van der Waals surface area contributed by atoms with Crippen molar-refractivity contribution in [1.82, 2.24) is 0 Å². The van der Waals surface area contributed by atoms with Crippen molar-refractivity contribution in [3.05, 3.63) is 0 Å². The molecule has 0 bridgehead atoms. The van der Waals surface area contributed by atoms with Crippen molar-refractivity contribution in [2.24, 2.45) is 0 Å². The van der Waals surface area contributed by atoms with Crippen LogP contribution in [-0.4, -0.2) is 162 Å². The first kappa shape index (κ1) is 27.6. The van der Waals surface area contributed by atoms with Crippen LogP contribution in [0.1, 0.15) is 0 Å². The molecule has 11 N–H and O–H groups in total. The first-order valence-electron chi connectivity index (χ1n) is 9.92. The van der Waals surface area contributed by atoms with E-state index in [9.17, 15) is 51.1 Å². The highest BCUT2D eigenvalue weighted by Crippen LogP contribution is 2.30. The molecule has 15 nitrogen and oxygen atoms in total. The summed E-state index contributed by atoms with van der Waals surface area (Å²) in [6.07, 6.45) is -21.7. The largest absolute Gasteiger partial charge is 0.394 e. The van der Waals surface area contributed by atoms with Crippen LogP contribution in [0, 0.1) is 0 Å². The SMILES string of the molecule is OC[C@H](O)[C@@H](O)[C@@H](CO)O[C@@H]1O[C@H](CO)[C@H](O[C@@H]2O[C@H](CO)[C@H](O)[C@H](O)[C@H]2O)[C@H](O)[C@H]1O. The van der Waals surface area contributed by atoms with Crippen molar-refractivity contribution in [3.8, 4) is 0 Å². The number of rotatable bonds is 10. The molecule has 2 heterocycles. The summed E-state index contributed by atoms with van der Waals surface area (Å²) in [5.74, 6) is 0. The number of hydrogen-bond acceptors (Lipinski definition) is 15. The van der Waals surface area contributed by atoms with Crippen LogP contribution in [0.5, 0.6) is 0 Å². The zero-order chi connectivity index (χ0) is 24.2. The second-order valence-corrected chi connectivity index (χ2v) is 7.60. The smallest absolute Gasteiger partial charge is 0.187 e. The fourth-order valence-corrected chi connectivity index (χ4v) is 3.43. The summed E-state index contributed by atoms with van der Waals surface area (Å²) in [4.78, 5) is 0. The lowest BCUT2D eigenvalue weighted by Crippen LogP contribution is -2.65. The topological polar surface area (TPSA) is 259 Å². The number of ether oxygens (including phenoxy) is 4. The Kier molecular flexibility index (Phi) is 10.5. The summed E-state index contributed by atoms with van der Waals surface area (Å²) in [5, 5.41) is 107. The molecule has 15 heteroatoms. The maximum atomic E-state index is 10.5. The van der Waals surface area contributed by atoms with Gasteiger partial charge < -0.3 is 75.1 Å². The molecule has 32 heavy (non-hydrogen) atoms. The minimum atomic E-state index is -1.89. The third-order valence-electron chi connectivity index (χ3n) is 5.41. The van der Waals surface area contributed by atoms with Gasteiger partial charge in [-0.3, -0.25) is 0 Å². The van der Waals surface area contributed by atoms with E-state index in [-0.39, 0.29) is 0 Å². The normalized spacial score (nSPS) is 43.6. The Morgan fingerprint density at radius 1 is 0.656 bits per heavy atom. The number of hydrogen-bond donors (Lipinski definition) is 11. The summed E-state index contributed by atoms with van der Waals surface area (Å²) in [6, 6.07) is 0. The Balaban J connectivity index is 2.11. The number of aliphatic hydroxyl groups excluding tert-OH is 11. The minimum absolute atomic E-state index is 0.735. The monoisotopic (exact) mass is 476 g/mol. The molecule has 0 aromatic heterocycles. The molecule has 2 saturated heterocycles. The highest BCUT2D eigenvalue weighted by molar-refractivity contribution is 4.94. The molecular weight excluding hydrogens is 444 g/mol. The van der Waals surface area contributed by atoms with Crippen LogP contribution < -0.4 is 0 Å². The van der Waals surface area contributed by atoms with Crippen molar-refractivity contribution < 1.29 is 75.1 Å². The second kappa shape index (κ2) is 12.2. The Morgan fingerprint density at radius 2 is 1.22 bits per heavy atom. The minimum Gasteiger partial charge on any atom is -0.394 e. The summed E-state index contributed by atoms with van der Waals surface area (Å²) in [5.41, 5.74) is 0. The van der Waals surface area contributed by atoms with E-state index in [0.717, 1.165) is 0 Å². The van der Waals surface area contributed by atoms with Gasteiger partial charge in [0.15, 0.2) is 12.6 Å². The molecule has 2 fully saturated rings. The molecule has 2 aliphatic heterocycles. The summed E-state index contributed by atoms with van der Waals surface area (Å²) >= 11 is 0. The zero-order valence-electron chi connectivity index (χ0n) is 16.9. The molecular formula is C17H32O15. The molecule has 0 amide bonds. The van der Waals surface area contributed by atoms with E-state index in [4.69, 9.17) is 24.1 Å². The lowest BCUT2D eigenvalue weighted by molar-refractivity contribution is -0.366. The number of aliphatic hydroxyl groups is 11. The van der Waals surface area contributed by atoms with Crippen LogP contribution in [-0.2, 0) is 18.9 Å². The Labute approximate surface area is 182 Å². The third kappa shape index (κ3) is 5.90. The van der Waals surface area contributed by atoms with E-state index in [2.05, 4.69) is 0 Å². The third-order valence-corrected chi connectivity index (χ3v) is 5.41. The van der Waals surface area contributed by atoms with E-state index in [0.29, 0.717) is 0 Å². The molecule has 190 valence electrons. The Hall–Kier alpha value is -0.600. The lowest BCUT2D eigenvalue weighted by atomic mass is 9.97. The molecule has 0 radical (unpaired) electrons. The van der Waals surface area contributed by atoms with Gasteiger partial charge in [-0.1, -0.05) is 0 Å². The highest BCUT2D eigenvalue weighted by Gasteiger charge is 2.51. The van der Waals surface area contributed by atoms with Crippen molar-refractivity contribution in [2.45, 2.75) is 79.7 Å². The quantitative estimate of drug-likeness (QED) is 0.140. The van der Waals surface area contributed by atoms with Gasteiger partial charge in [-0.25, -0.2) is 0 Å². The van der Waals surface area contributed by atoms with E-state index in [1.54, 1.807) is 0 Å². The summed E-state index contributed by atoms with van der Waals surface area (Å²) < 4.78 is 21.1. The van der Waals surface area contributed by atoms with Gasteiger partial charge in [0.1, 0.15) is 67.1 Å². The van der Waals surface area contributed by atoms with E-state index in [1.807, 2.05) is 0 Å². The molecule has 0 unspecified atom stereocenters. The second-order valence-electron chi connectivity index (χ2n) is 7.60. The van der Waals surface area contributed by atoms with E-state index in [1.165, 1.54) is 0 Å². The van der Waals surface area contributed by atoms with Crippen LogP contribution in [0.4, 0.5) is 0 Å². The maximum absolute atomic E-state index is 10.5. The van der Waals surface area contributed by atoms with Crippen LogP contribution in [0.25, 0.3) is 0 Å². The highest BCUT2D eigenvalue weighted by atomic mass is 16.7. The first-order valence-corrected chi connectivity index (χ1v) is 9.92. The van der Waals surface area contributed by atoms with Crippen LogP contribution in [0.2, 0.25) is 0 Å².